The number of urea groups is 1. The van der Waals surface area contributed by atoms with Crippen LogP contribution in [0.4, 0.5) is 10.5 Å². The molecule has 0 spiro atoms. The lowest BCUT2D eigenvalue weighted by atomic mass is 10.2. The number of para-hydroxylation sites is 1. The molecular formula is C17H19ClN2O3. The zero-order chi connectivity index (χ0) is 16.8. The zero-order valence-corrected chi connectivity index (χ0v) is 14.0. The van der Waals surface area contributed by atoms with Gasteiger partial charge in [0.05, 0.1) is 24.9 Å². The van der Waals surface area contributed by atoms with E-state index in [0.717, 1.165) is 11.1 Å². The minimum atomic E-state index is -0.347. The Kier molecular flexibility index (Phi) is 5.71. The Hall–Kier alpha value is -2.40. The molecule has 23 heavy (non-hydrogen) atoms. The van der Waals surface area contributed by atoms with E-state index in [4.69, 9.17) is 21.1 Å². The Morgan fingerprint density at radius 1 is 1.17 bits per heavy atom. The number of benzene rings is 2. The predicted octanol–water partition coefficient (Wildman–Crippen LogP) is 3.99. The van der Waals surface area contributed by atoms with Gasteiger partial charge in [-0.05, 0) is 30.7 Å². The number of ether oxygens (including phenoxy) is 2. The van der Waals surface area contributed by atoms with E-state index in [1.807, 2.05) is 25.1 Å². The average molecular weight is 335 g/mol. The van der Waals surface area contributed by atoms with Gasteiger partial charge < -0.3 is 20.1 Å². The van der Waals surface area contributed by atoms with E-state index in [9.17, 15) is 4.79 Å². The van der Waals surface area contributed by atoms with Crippen molar-refractivity contribution >= 4 is 23.3 Å². The molecule has 0 aliphatic rings. The Labute approximate surface area is 140 Å². The van der Waals surface area contributed by atoms with Gasteiger partial charge in [-0.1, -0.05) is 29.8 Å². The number of hydrogen-bond donors (Lipinski definition) is 2. The van der Waals surface area contributed by atoms with Gasteiger partial charge in [0.1, 0.15) is 0 Å². The molecule has 0 bridgehead atoms. The van der Waals surface area contributed by atoms with Crippen LogP contribution in [0.3, 0.4) is 0 Å². The summed E-state index contributed by atoms with van der Waals surface area (Å²) in [4.78, 5) is 12.0. The minimum absolute atomic E-state index is 0.301. The van der Waals surface area contributed by atoms with E-state index in [2.05, 4.69) is 10.6 Å². The van der Waals surface area contributed by atoms with Gasteiger partial charge in [0.2, 0.25) is 0 Å². The lowest BCUT2D eigenvalue weighted by Gasteiger charge is -2.14. The van der Waals surface area contributed by atoms with Crippen LogP contribution in [0, 0.1) is 6.92 Å². The molecule has 0 atom stereocenters. The highest BCUT2D eigenvalue weighted by Gasteiger charge is 2.11. The third-order valence-electron chi connectivity index (χ3n) is 3.30. The van der Waals surface area contributed by atoms with Crippen LogP contribution in [-0.2, 0) is 6.54 Å². The lowest BCUT2D eigenvalue weighted by Crippen LogP contribution is -2.28. The smallest absolute Gasteiger partial charge is 0.319 e. The van der Waals surface area contributed by atoms with E-state index in [1.54, 1.807) is 32.4 Å². The molecule has 2 aromatic rings. The van der Waals surface area contributed by atoms with Crippen molar-refractivity contribution in [2.45, 2.75) is 13.5 Å². The summed E-state index contributed by atoms with van der Waals surface area (Å²) < 4.78 is 10.6. The van der Waals surface area contributed by atoms with E-state index in [1.165, 1.54) is 0 Å². The summed E-state index contributed by atoms with van der Waals surface area (Å²) >= 11 is 6.10. The second-order valence-corrected chi connectivity index (χ2v) is 5.35. The average Bonchev–Trinajstić information content (AvgIpc) is 2.55. The van der Waals surface area contributed by atoms with Crippen molar-refractivity contribution in [3.8, 4) is 11.5 Å². The molecule has 2 aromatic carbocycles. The largest absolute Gasteiger partial charge is 0.493 e. The fraction of sp³-hybridized carbons (Fsp3) is 0.235. The molecule has 122 valence electrons. The number of nitrogens with one attached hydrogen (secondary N) is 2. The van der Waals surface area contributed by atoms with Crippen molar-refractivity contribution in [1.82, 2.24) is 5.32 Å². The van der Waals surface area contributed by atoms with Crippen molar-refractivity contribution in [1.29, 1.82) is 0 Å². The molecule has 0 heterocycles. The van der Waals surface area contributed by atoms with Crippen LogP contribution in [0.1, 0.15) is 11.1 Å². The van der Waals surface area contributed by atoms with Gasteiger partial charge in [0.25, 0.3) is 0 Å². The van der Waals surface area contributed by atoms with Gasteiger partial charge in [-0.2, -0.15) is 0 Å². The second-order valence-electron chi connectivity index (χ2n) is 4.94. The number of carbonyl (C=O) groups excluding carboxylic acids is 1. The van der Waals surface area contributed by atoms with Crippen molar-refractivity contribution < 1.29 is 14.3 Å². The molecule has 0 aliphatic carbocycles. The minimum Gasteiger partial charge on any atom is -0.493 e. The highest BCUT2D eigenvalue weighted by molar-refractivity contribution is 6.33. The molecule has 2 N–H and O–H groups in total. The molecule has 2 rings (SSSR count). The molecule has 0 aromatic heterocycles. The summed E-state index contributed by atoms with van der Waals surface area (Å²) in [6.07, 6.45) is 0. The molecule has 0 saturated carbocycles. The normalized spacial score (nSPS) is 10.1. The number of hydrogen-bond acceptors (Lipinski definition) is 3. The van der Waals surface area contributed by atoms with Crippen LogP contribution in [0.15, 0.2) is 36.4 Å². The van der Waals surface area contributed by atoms with E-state index >= 15 is 0 Å². The molecule has 0 aliphatic heterocycles. The quantitative estimate of drug-likeness (QED) is 0.869. The topological polar surface area (TPSA) is 59.6 Å². The van der Waals surface area contributed by atoms with Crippen LogP contribution >= 0.6 is 11.6 Å². The Morgan fingerprint density at radius 2 is 1.96 bits per heavy atom. The molecule has 0 radical (unpaired) electrons. The standard InChI is InChI=1S/C17H19ClN2O3/c1-11-7-8-14(13(18)9-11)20-17(21)19-10-12-5-4-6-15(22-2)16(12)23-3/h4-9H,10H2,1-3H3,(H2,19,20,21). The lowest BCUT2D eigenvalue weighted by molar-refractivity contribution is 0.251. The fourth-order valence-corrected chi connectivity index (χ4v) is 2.44. The number of halogens is 1. The molecule has 0 unspecified atom stereocenters. The first-order valence-electron chi connectivity index (χ1n) is 7.06. The fourth-order valence-electron chi connectivity index (χ4n) is 2.16. The third kappa shape index (κ3) is 4.29. The third-order valence-corrected chi connectivity index (χ3v) is 3.61. The van der Waals surface area contributed by atoms with Crippen LogP contribution in [0.5, 0.6) is 11.5 Å². The van der Waals surface area contributed by atoms with E-state index in [0.29, 0.717) is 28.8 Å². The maximum atomic E-state index is 12.0. The number of aryl methyl sites for hydroxylation is 1. The van der Waals surface area contributed by atoms with Crippen molar-refractivity contribution in [2.24, 2.45) is 0 Å². The predicted molar refractivity (Wildman–Crippen MR) is 91.6 cm³/mol. The Balaban J connectivity index is 2.02. The molecule has 0 fully saturated rings. The Bertz CT molecular complexity index is 704. The zero-order valence-electron chi connectivity index (χ0n) is 13.3. The highest BCUT2D eigenvalue weighted by atomic mass is 35.5. The first kappa shape index (κ1) is 17.0. The van der Waals surface area contributed by atoms with Crippen molar-refractivity contribution in [3.05, 3.63) is 52.5 Å². The van der Waals surface area contributed by atoms with Crippen molar-refractivity contribution in [3.63, 3.8) is 0 Å². The summed E-state index contributed by atoms with van der Waals surface area (Å²) in [5, 5.41) is 5.99. The summed E-state index contributed by atoms with van der Waals surface area (Å²) in [6.45, 7) is 2.24. The summed E-state index contributed by atoms with van der Waals surface area (Å²) in [5.74, 6) is 1.22. The van der Waals surface area contributed by atoms with Gasteiger partial charge >= 0.3 is 6.03 Å². The van der Waals surface area contributed by atoms with Crippen LogP contribution < -0.4 is 20.1 Å². The van der Waals surface area contributed by atoms with Gasteiger partial charge in [-0.25, -0.2) is 4.79 Å². The van der Waals surface area contributed by atoms with Crippen LogP contribution in [0.25, 0.3) is 0 Å². The van der Waals surface area contributed by atoms with Crippen molar-refractivity contribution in [2.75, 3.05) is 19.5 Å². The summed E-state index contributed by atoms with van der Waals surface area (Å²) in [7, 11) is 3.13. The SMILES string of the molecule is COc1cccc(CNC(=O)Nc2ccc(C)cc2Cl)c1OC. The monoisotopic (exact) mass is 334 g/mol. The molecule has 2 amide bonds. The van der Waals surface area contributed by atoms with Gasteiger partial charge in [-0.15, -0.1) is 0 Å². The number of carbonyl (C=O) groups is 1. The second kappa shape index (κ2) is 7.74. The van der Waals surface area contributed by atoms with E-state index in [-0.39, 0.29) is 6.03 Å². The number of amides is 2. The van der Waals surface area contributed by atoms with Gasteiger partial charge in [0, 0.05) is 12.1 Å². The van der Waals surface area contributed by atoms with Gasteiger partial charge in [-0.3, -0.25) is 0 Å². The maximum Gasteiger partial charge on any atom is 0.319 e. The maximum absolute atomic E-state index is 12.0. The first-order chi connectivity index (χ1) is 11.0. The highest BCUT2D eigenvalue weighted by Crippen LogP contribution is 2.30. The Morgan fingerprint density at radius 3 is 2.61 bits per heavy atom. The summed E-state index contributed by atoms with van der Waals surface area (Å²) in [5.41, 5.74) is 2.41. The summed E-state index contributed by atoms with van der Waals surface area (Å²) in [6, 6.07) is 10.6. The molecule has 0 saturated heterocycles. The first-order valence-corrected chi connectivity index (χ1v) is 7.43. The van der Waals surface area contributed by atoms with Gasteiger partial charge in [0.15, 0.2) is 11.5 Å². The number of rotatable bonds is 5. The van der Waals surface area contributed by atoms with Crippen LogP contribution in [0.2, 0.25) is 5.02 Å². The van der Waals surface area contributed by atoms with E-state index < -0.39 is 0 Å². The molecule has 6 heteroatoms. The number of anilines is 1. The van der Waals surface area contributed by atoms with Crippen LogP contribution in [-0.4, -0.2) is 20.3 Å². The molecule has 5 nitrogen and oxygen atoms in total. The molecular weight excluding hydrogens is 316 g/mol. The number of methoxy groups -OCH3 is 2.